The maximum Gasteiger partial charge on any atom is 0.241 e. The van der Waals surface area contributed by atoms with E-state index in [0.29, 0.717) is 31.2 Å². The van der Waals surface area contributed by atoms with Crippen LogP contribution in [0.15, 0.2) is 18.7 Å². The summed E-state index contributed by atoms with van der Waals surface area (Å²) in [6.45, 7) is 6.19. The number of nitrogens with zero attached hydrogens (tertiary/aromatic N) is 7. The number of anilines is 2. The van der Waals surface area contributed by atoms with Gasteiger partial charge in [-0.15, -0.1) is 0 Å². The van der Waals surface area contributed by atoms with Crippen LogP contribution < -0.4 is 9.80 Å². The van der Waals surface area contributed by atoms with E-state index in [9.17, 15) is 0 Å². The number of morpholine rings is 1. The first-order valence-electron chi connectivity index (χ1n) is 7.15. The van der Waals surface area contributed by atoms with E-state index in [1.54, 1.807) is 12.5 Å². The summed E-state index contributed by atoms with van der Waals surface area (Å²) in [5.41, 5.74) is 0. The predicted molar refractivity (Wildman–Crippen MR) is 76.8 cm³/mol. The first-order chi connectivity index (χ1) is 10.3. The summed E-state index contributed by atoms with van der Waals surface area (Å²) in [6.07, 6.45) is 5.26. The van der Waals surface area contributed by atoms with Crippen molar-refractivity contribution in [1.29, 1.82) is 0 Å². The molecular weight excluding hydrogens is 270 g/mol. The van der Waals surface area contributed by atoms with Gasteiger partial charge in [-0.3, -0.25) is 4.57 Å². The Balaban J connectivity index is 1.73. The molecule has 8 nitrogen and oxygen atoms in total. The maximum atomic E-state index is 5.39. The molecule has 0 bridgehead atoms. The fraction of sp³-hybridized carbons (Fsp3) is 0.538. The van der Waals surface area contributed by atoms with E-state index >= 15 is 0 Å². The molecular formula is C13H17N7O. The standard InChI is InChI=1S/C13H17N7O/c1-10-8-20(10)13-16-11(18-4-6-21-7-5-18)15-12(17-13)19-3-2-14-9-19/h2-3,9-10H,4-8H2,1H3. The van der Waals surface area contributed by atoms with Gasteiger partial charge in [0.25, 0.3) is 0 Å². The second-order valence-electron chi connectivity index (χ2n) is 5.31. The fourth-order valence-electron chi connectivity index (χ4n) is 2.39. The number of aromatic nitrogens is 5. The van der Waals surface area contributed by atoms with Crippen LogP contribution in [0.25, 0.3) is 5.95 Å². The average molecular weight is 287 g/mol. The molecule has 2 aromatic heterocycles. The average Bonchev–Trinajstić information content (AvgIpc) is 3.04. The first kappa shape index (κ1) is 12.5. The Morgan fingerprint density at radius 2 is 1.81 bits per heavy atom. The molecule has 4 rings (SSSR count). The molecule has 8 heteroatoms. The van der Waals surface area contributed by atoms with Gasteiger partial charge in [0.2, 0.25) is 17.8 Å². The number of hydrogen-bond acceptors (Lipinski definition) is 7. The molecule has 1 atom stereocenters. The molecule has 2 aromatic rings. The first-order valence-corrected chi connectivity index (χ1v) is 7.15. The van der Waals surface area contributed by atoms with Crippen molar-refractivity contribution in [3.8, 4) is 5.95 Å². The Labute approximate surface area is 122 Å². The Morgan fingerprint density at radius 3 is 2.48 bits per heavy atom. The third-order valence-corrected chi connectivity index (χ3v) is 3.75. The normalized spacial score (nSPS) is 21.7. The highest BCUT2D eigenvalue weighted by Crippen LogP contribution is 2.26. The van der Waals surface area contributed by atoms with Gasteiger partial charge in [0.1, 0.15) is 6.33 Å². The highest BCUT2D eigenvalue weighted by molar-refractivity contribution is 5.47. The van der Waals surface area contributed by atoms with Gasteiger partial charge in [-0.25, -0.2) is 4.98 Å². The van der Waals surface area contributed by atoms with Crippen molar-refractivity contribution in [1.82, 2.24) is 24.5 Å². The Bertz CT molecular complexity index is 623. The monoisotopic (exact) mass is 287 g/mol. The van der Waals surface area contributed by atoms with E-state index in [4.69, 9.17) is 4.74 Å². The molecule has 4 heterocycles. The van der Waals surface area contributed by atoms with Crippen LogP contribution in [-0.4, -0.2) is 63.4 Å². The zero-order chi connectivity index (χ0) is 14.2. The van der Waals surface area contributed by atoms with Crippen LogP contribution >= 0.6 is 0 Å². The molecule has 2 aliphatic rings. The van der Waals surface area contributed by atoms with Gasteiger partial charge in [0, 0.05) is 38.1 Å². The van der Waals surface area contributed by atoms with E-state index in [1.165, 1.54) is 0 Å². The van der Waals surface area contributed by atoms with Crippen molar-refractivity contribution < 1.29 is 4.74 Å². The van der Waals surface area contributed by atoms with Gasteiger partial charge in [0.15, 0.2) is 0 Å². The van der Waals surface area contributed by atoms with Gasteiger partial charge >= 0.3 is 0 Å². The molecule has 0 saturated carbocycles. The van der Waals surface area contributed by atoms with Crippen molar-refractivity contribution in [3.63, 3.8) is 0 Å². The molecule has 0 spiro atoms. The SMILES string of the molecule is CC1CN1c1nc(N2CCOCC2)nc(-n2ccnc2)n1. The molecule has 0 aromatic carbocycles. The number of imidazole rings is 1. The van der Waals surface area contributed by atoms with E-state index in [-0.39, 0.29) is 0 Å². The van der Waals surface area contributed by atoms with E-state index in [0.717, 1.165) is 25.6 Å². The van der Waals surface area contributed by atoms with Gasteiger partial charge in [-0.1, -0.05) is 0 Å². The Morgan fingerprint density at radius 1 is 1.10 bits per heavy atom. The third-order valence-electron chi connectivity index (χ3n) is 3.75. The highest BCUT2D eigenvalue weighted by atomic mass is 16.5. The molecule has 1 unspecified atom stereocenters. The van der Waals surface area contributed by atoms with Crippen LogP contribution in [0.3, 0.4) is 0 Å². The van der Waals surface area contributed by atoms with E-state index in [2.05, 4.69) is 36.7 Å². The molecule has 2 saturated heterocycles. The quantitative estimate of drug-likeness (QED) is 0.741. The van der Waals surface area contributed by atoms with Crippen LogP contribution in [0.5, 0.6) is 0 Å². The van der Waals surface area contributed by atoms with Crippen LogP contribution in [0.1, 0.15) is 6.92 Å². The summed E-state index contributed by atoms with van der Waals surface area (Å²) < 4.78 is 7.20. The summed E-state index contributed by atoms with van der Waals surface area (Å²) in [5.74, 6) is 2.06. The molecule has 110 valence electrons. The van der Waals surface area contributed by atoms with Gasteiger partial charge < -0.3 is 14.5 Å². The van der Waals surface area contributed by atoms with E-state index < -0.39 is 0 Å². The number of hydrogen-bond donors (Lipinski definition) is 0. The molecule has 0 aliphatic carbocycles. The van der Waals surface area contributed by atoms with E-state index in [1.807, 2.05) is 10.8 Å². The maximum absolute atomic E-state index is 5.39. The zero-order valence-electron chi connectivity index (χ0n) is 11.9. The number of rotatable bonds is 3. The van der Waals surface area contributed by atoms with Crippen molar-refractivity contribution in [2.45, 2.75) is 13.0 Å². The lowest BCUT2D eigenvalue weighted by atomic mass is 10.4. The van der Waals surface area contributed by atoms with Crippen molar-refractivity contribution in [3.05, 3.63) is 18.7 Å². The zero-order valence-corrected chi connectivity index (χ0v) is 11.9. The molecule has 2 aliphatic heterocycles. The Kier molecular flexibility index (Phi) is 2.95. The smallest absolute Gasteiger partial charge is 0.241 e. The van der Waals surface area contributed by atoms with Crippen LogP contribution in [-0.2, 0) is 4.74 Å². The molecule has 0 N–H and O–H groups in total. The van der Waals surface area contributed by atoms with Crippen molar-refractivity contribution >= 4 is 11.9 Å². The van der Waals surface area contributed by atoms with Crippen molar-refractivity contribution in [2.75, 3.05) is 42.6 Å². The lowest BCUT2D eigenvalue weighted by Gasteiger charge is -2.27. The van der Waals surface area contributed by atoms with Crippen LogP contribution in [0.4, 0.5) is 11.9 Å². The summed E-state index contributed by atoms with van der Waals surface area (Å²) in [5, 5.41) is 0. The molecule has 2 fully saturated rings. The lowest BCUT2D eigenvalue weighted by molar-refractivity contribution is 0.122. The van der Waals surface area contributed by atoms with Gasteiger partial charge in [-0.2, -0.15) is 15.0 Å². The van der Waals surface area contributed by atoms with Crippen molar-refractivity contribution in [2.24, 2.45) is 0 Å². The largest absolute Gasteiger partial charge is 0.378 e. The minimum atomic E-state index is 0.501. The minimum absolute atomic E-state index is 0.501. The number of ether oxygens (including phenoxy) is 1. The second kappa shape index (κ2) is 4.96. The molecule has 0 radical (unpaired) electrons. The van der Waals surface area contributed by atoms with Crippen LogP contribution in [0, 0.1) is 0 Å². The third kappa shape index (κ3) is 2.42. The summed E-state index contributed by atoms with van der Waals surface area (Å²) in [7, 11) is 0. The van der Waals surface area contributed by atoms with Crippen LogP contribution in [0.2, 0.25) is 0 Å². The second-order valence-corrected chi connectivity index (χ2v) is 5.31. The molecule has 0 amide bonds. The van der Waals surface area contributed by atoms with Gasteiger partial charge in [0.05, 0.1) is 13.2 Å². The highest BCUT2D eigenvalue weighted by Gasteiger charge is 2.33. The molecule has 21 heavy (non-hydrogen) atoms. The minimum Gasteiger partial charge on any atom is -0.378 e. The summed E-state index contributed by atoms with van der Waals surface area (Å²) >= 11 is 0. The summed E-state index contributed by atoms with van der Waals surface area (Å²) in [6, 6.07) is 0.501. The fourth-order valence-corrected chi connectivity index (χ4v) is 2.39. The lowest BCUT2D eigenvalue weighted by Crippen LogP contribution is -2.37. The summed E-state index contributed by atoms with van der Waals surface area (Å²) in [4.78, 5) is 22.1. The topological polar surface area (TPSA) is 72.0 Å². The van der Waals surface area contributed by atoms with Gasteiger partial charge in [-0.05, 0) is 6.92 Å². The predicted octanol–water partition coefficient (Wildman–Crippen LogP) is 0.102. The Hall–Kier alpha value is -2.22.